The van der Waals surface area contributed by atoms with Gasteiger partial charge in [0, 0.05) is 31.8 Å². The molecule has 0 bridgehead atoms. The fourth-order valence-electron chi connectivity index (χ4n) is 2.97. The molecule has 1 fully saturated rings. The number of hydrogen-bond acceptors (Lipinski definition) is 5. The number of hydrogen-bond donors (Lipinski definition) is 2. The molecule has 2 rings (SSSR count). The van der Waals surface area contributed by atoms with Crippen molar-refractivity contribution in [3.8, 4) is 11.8 Å². The zero-order valence-electron chi connectivity index (χ0n) is 16.3. The van der Waals surface area contributed by atoms with E-state index in [0.29, 0.717) is 18.8 Å². The molecule has 2 N–H and O–H groups in total. The van der Waals surface area contributed by atoms with Gasteiger partial charge in [-0.2, -0.15) is 5.26 Å². The molecule has 0 unspecified atom stereocenters. The Hall–Kier alpha value is -2.85. The maximum atomic E-state index is 12.1. The Bertz CT molecular complexity index is 701. The molecule has 0 radical (unpaired) electrons. The number of carbonyl (C=O) groups is 2. The number of carbonyl (C=O) groups excluding carboxylic acids is 2. The third-order valence-electron chi connectivity index (χ3n) is 4.48. The van der Waals surface area contributed by atoms with E-state index in [2.05, 4.69) is 15.5 Å². The normalized spacial score (nSPS) is 15.1. The van der Waals surface area contributed by atoms with Crippen LogP contribution in [0.2, 0.25) is 0 Å². The summed E-state index contributed by atoms with van der Waals surface area (Å²) in [6.45, 7) is 4.79. The maximum absolute atomic E-state index is 12.1. The largest absolute Gasteiger partial charge is 0.479 e. The molecule has 1 aliphatic heterocycles. The third kappa shape index (κ3) is 7.80. The van der Waals surface area contributed by atoms with Gasteiger partial charge in [-0.15, -0.1) is 0 Å². The number of likely N-dealkylation sites (tertiary alicyclic amines) is 1. The highest BCUT2D eigenvalue weighted by molar-refractivity contribution is 5.91. The summed E-state index contributed by atoms with van der Waals surface area (Å²) in [6.07, 6.45) is 5.88. The van der Waals surface area contributed by atoms with E-state index in [1.165, 1.54) is 6.08 Å². The smallest absolute Gasteiger partial charge is 0.244 e. The van der Waals surface area contributed by atoms with Crippen LogP contribution in [-0.4, -0.2) is 55.5 Å². The van der Waals surface area contributed by atoms with E-state index in [4.69, 9.17) is 10.00 Å². The summed E-state index contributed by atoms with van der Waals surface area (Å²) in [5.41, 5.74) is 0.882. The second kappa shape index (κ2) is 11.8. The fourth-order valence-corrected chi connectivity index (χ4v) is 2.97. The standard InChI is InChI=1S/C21H28N4O3/c1-2-12-23-21(27)16-25-13-9-18(10-14-25)24-20(26)8-5-17-3-6-19(7-4-17)28-15-11-22/h3-8,18H,2,9-10,12-16H2,1H3,(H,23,27)(H,24,26)/b8-5+. The van der Waals surface area contributed by atoms with E-state index in [-0.39, 0.29) is 24.5 Å². The Kier molecular flexibility index (Phi) is 9.02. The van der Waals surface area contributed by atoms with Gasteiger partial charge in [-0.1, -0.05) is 19.1 Å². The Morgan fingerprint density at radius 1 is 1.29 bits per heavy atom. The van der Waals surface area contributed by atoms with Crippen molar-refractivity contribution in [1.82, 2.24) is 15.5 Å². The lowest BCUT2D eigenvalue weighted by molar-refractivity contribution is -0.123. The van der Waals surface area contributed by atoms with Gasteiger partial charge in [0.15, 0.2) is 6.61 Å². The van der Waals surface area contributed by atoms with Crippen LogP contribution in [0.25, 0.3) is 6.08 Å². The summed E-state index contributed by atoms with van der Waals surface area (Å²) in [4.78, 5) is 26.0. The molecular formula is C21H28N4O3. The number of nitrogens with one attached hydrogen (secondary N) is 2. The summed E-state index contributed by atoms with van der Waals surface area (Å²) in [7, 11) is 0. The van der Waals surface area contributed by atoms with Crippen LogP contribution < -0.4 is 15.4 Å². The SMILES string of the molecule is CCCNC(=O)CN1CCC(NC(=O)/C=C/c2ccc(OCC#N)cc2)CC1. The number of amides is 2. The monoisotopic (exact) mass is 384 g/mol. The van der Waals surface area contributed by atoms with E-state index in [9.17, 15) is 9.59 Å². The molecule has 0 aromatic heterocycles. The highest BCUT2D eigenvalue weighted by atomic mass is 16.5. The predicted octanol–water partition coefficient (Wildman–Crippen LogP) is 1.71. The molecule has 1 aliphatic rings. The van der Waals surface area contributed by atoms with Crippen molar-refractivity contribution in [3.05, 3.63) is 35.9 Å². The molecule has 28 heavy (non-hydrogen) atoms. The molecule has 2 amide bonds. The van der Waals surface area contributed by atoms with Crippen molar-refractivity contribution >= 4 is 17.9 Å². The molecule has 0 saturated carbocycles. The van der Waals surface area contributed by atoms with Crippen LogP contribution in [0.1, 0.15) is 31.7 Å². The molecule has 0 spiro atoms. The molecule has 0 atom stereocenters. The fraction of sp³-hybridized carbons (Fsp3) is 0.476. The van der Waals surface area contributed by atoms with E-state index in [1.807, 2.05) is 25.1 Å². The van der Waals surface area contributed by atoms with Gasteiger partial charge in [-0.05, 0) is 43.0 Å². The van der Waals surface area contributed by atoms with Crippen molar-refractivity contribution < 1.29 is 14.3 Å². The minimum Gasteiger partial charge on any atom is -0.479 e. The number of ether oxygens (including phenoxy) is 1. The van der Waals surface area contributed by atoms with E-state index >= 15 is 0 Å². The zero-order chi connectivity index (χ0) is 20.2. The van der Waals surface area contributed by atoms with Crippen LogP contribution in [-0.2, 0) is 9.59 Å². The highest BCUT2D eigenvalue weighted by Crippen LogP contribution is 2.13. The lowest BCUT2D eigenvalue weighted by Gasteiger charge is -2.31. The second-order valence-corrected chi connectivity index (χ2v) is 6.76. The first kappa shape index (κ1) is 21.5. The van der Waals surface area contributed by atoms with Gasteiger partial charge >= 0.3 is 0 Å². The number of piperidine rings is 1. The molecule has 1 saturated heterocycles. The van der Waals surface area contributed by atoms with Crippen LogP contribution in [0.3, 0.4) is 0 Å². The Morgan fingerprint density at radius 2 is 2.00 bits per heavy atom. The summed E-state index contributed by atoms with van der Waals surface area (Å²) >= 11 is 0. The van der Waals surface area contributed by atoms with Gasteiger partial charge < -0.3 is 15.4 Å². The molecule has 1 aromatic rings. The third-order valence-corrected chi connectivity index (χ3v) is 4.48. The second-order valence-electron chi connectivity index (χ2n) is 6.76. The van der Waals surface area contributed by atoms with E-state index < -0.39 is 0 Å². The molecule has 0 aliphatic carbocycles. The Balaban J connectivity index is 1.70. The van der Waals surface area contributed by atoms with Crippen LogP contribution >= 0.6 is 0 Å². The molecule has 1 heterocycles. The van der Waals surface area contributed by atoms with Crippen molar-refractivity contribution in [2.24, 2.45) is 0 Å². The average Bonchev–Trinajstić information content (AvgIpc) is 2.71. The van der Waals surface area contributed by atoms with Crippen molar-refractivity contribution in [2.45, 2.75) is 32.2 Å². The number of nitriles is 1. The molecular weight excluding hydrogens is 356 g/mol. The lowest BCUT2D eigenvalue weighted by Crippen LogP contribution is -2.47. The van der Waals surface area contributed by atoms with Crippen LogP contribution in [0.15, 0.2) is 30.3 Å². The first-order chi connectivity index (χ1) is 13.6. The van der Waals surface area contributed by atoms with Gasteiger partial charge in [-0.25, -0.2) is 0 Å². The van der Waals surface area contributed by atoms with Crippen LogP contribution in [0, 0.1) is 11.3 Å². The van der Waals surface area contributed by atoms with Crippen molar-refractivity contribution in [2.75, 3.05) is 32.8 Å². The lowest BCUT2D eigenvalue weighted by atomic mass is 10.0. The maximum Gasteiger partial charge on any atom is 0.244 e. The quantitative estimate of drug-likeness (QED) is 0.632. The highest BCUT2D eigenvalue weighted by Gasteiger charge is 2.21. The first-order valence-corrected chi connectivity index (χ1v) is 9.68. The first-order valence-electron chi connectivity index (χ1n) is 9.68. The summed E-state index contributed by atoms with van der Waals surface area (Å²) in [6, 6.07) is 9.24. The van der Waals surface area contributed by atoms with Crippen molar-refractivity contribution in [3.63, 3.8) is 0 Å². The number of nitrogens with zero attached hydrogens (tertiary/aromatic N) is 2. The van der Waals surface area contributed by atoms with E-state index in [1.54, 1.807) is 18.2 Å². The van der Waals surface area contributed by atoms with Gasteiger partial charge in [0.1, 0.15) is 11.8 Å². The zero-order valence-corrected chi connectivity index (χ0v) is 16.3. The minimum atomic E-state index is -0.121. The van der Waals surface area contributed by atoms with Gasteiger partial charge in [0.25, 0.3) is 0 Å². The number of benzene rings is 1. The predicted molar refractivity (Wildman–Crippen MR) is 107 cm³/mol. The van der Waals surface area contributed by atoms with Gasteiger partial charge in [-0.3, -0.25) is 14.5 Å². The number of rotatable bonds is 9. The van der Waals surface area contributed by atoms with Gasteiger partial charge in [0.2, 0.25) is 11.8 Å². The average molecular weight is 384 g/mol. The summed E-state index contributed by atoms with van der Waals surface area (Å²) in [5.74, 6) is 0.568. The Morgan fingerprint density at radius 3 is 2.64 bits per heavy atom. The molecule has 7 heteroatoms. The molecule has 1 aromatic carbocycles. The van der Waals surface area contributed by atoms with Gasteiger partial charge in [0.05, 0.1) is 6.54 Å². The van der Waals surface area contributed by atoms with Crippen LogP contribution in [0.5, 0.6) is 5.75 Å². The molecule has 150 valence electrons. The summed E-state index contributed by atoms with van der Waals surface area (Å²) in [5, 5.41) is 14.4. The van der Waals surface area contributed by atoms with E-state index in [0.717, 1.165) is 37.9 Å². The molecule has 7 nitrogen and oxygen atoms in total. The minimum absolute atomic E-state index is 0.0137. The Labute approximate surface area is 166 Å². The van der Waals surface area contributed by atoms with Crippen LogP contribution in [0.4, 0.5) is 0 Å². The van der Waals surface area contributed by atoms with Crippen molar-refractivity contribution in [1.29, 1.82) is 5.26 Å². The summed E-state index contributed by atoms with van der Waals surface area (Å²) < 4.78 is 5.19. The topological polar surface area (TPSA) is 94.5 Å².